The summed E-state index contributed by atoms with van der Waals surface area (Å²) < 4.78 is 14.8. The lowest BCUT2D eigenvalue weighted by atomic mass is 10.1. The third-order valence-corrected chi connectivity index (χ3v) is 2.74. The van der Waals surface area contributed by atoms with Crippen LogP contribution in [0.3, 0.4) is 0 Å². The van der Waals surface area contributed by atoms with Crippen molar-refractivity contribution in [2.45, 2.75) is 0 Å². The molecule has 0 aliphatic carbocycles. The van der Waals surface area contributed by atoms with E-state index in [-0.39, 0.29) is 0 Å². The SMILES string of the molecule is COC(=O)c1cc(OC)ncc1-c1ccc(OC)cn1. The van der Waals surface area contributed by atoms with Crippen LogP contribution in [0.25, 0.3) is 11.3 Å². The highest BCUT2D eigenvalue weighted by molar-refractivity contribution is 5.96. The van der Waals surface area contributed by atoms with Gasteiger partial charge >= 0.3 is 5.97 Å². The summed E-state index contributed by atoms with van der Waals surface area (Å²) in [6.07, 6.45) is 3.10. The molecule has 0 unspecified atom stereocenters. The topological polar surface area (TPSA) is 70.5 Å². The van der Waals surface area contributed by atoms with Gasteiger partial charge in [-0.2, -0.15) is 0 Å². The minimum Gasteiger partial charge on any atom is -0.495 e. The molecule has 0 fully saturated rings. The number of esters is 1. The van der Waals surface area contributed by atoms with Gasteiger partial charge in [-0.3, -0.25) is 4.98 Å². The number of carbonyl (C=O) groups excluding carboxylic acids is 1. The quantitative estimate of drug-likeness (QED) is 0.794. The number of hydrogen-bond acceptors (Lipinski definition) is 6. The van der Waals surface area contributed by atoms with Gasteiger partial charge in [0.15, 0.2) is 0 Å². The predicted octanol–water partition coefficient (Wildman–Crippen LogP) is 1.95. The smallest absolute Gasteiger partial charge is 0.338 e. The summed E-state index contributed by atoms with van der Waals surface area (Å²) in [7, 11) is 4.36. The summed E-state index contributed by atoms with van der Waals surface area (Å²) in [6, 6.07) is 5.02. The van der Waals surface area contributed by atoms with E-state index in [9.17, 15) is 4.79 Å². The Morgan fingerprint density at radius 3 is 2.40 bits per heavy atom. The normalized spacial score (nSPS) is 9.95. The van der Waals surface area contributed by atoms with E-state index in [1.54, 1.807) is 25.4 Å². The van der Waals surface area contributed by atoms with E-state index in [2.05, 4.69) is 9.97 Å². The monoisotopic (exact) mass is 274 g/mol. The number of aromatic nitrogens is 2. The summed E-state index contributed by atoms with van der Waals surface area (Å²) in [5.41, 5.74) is 1.51. The Kier molecular flexibility index (Phi) is 4.14. The van der Waals surface area contributed by atoms with Crippen LogP contribution in [-0.4, -0.2) is 37.3 Å². The fraction of sp³-hybridized carbons (Fsp3) is 0.214. The number of nitrogens with zero attached hydrogens (tertiary/aromatic N) is 2. The molecule has 20 heavy (non-hydrogen) atoms. The van der Waals surface area contributed by atoms with Crippen molar-refractivity contribution in [2.75, 3.05) is 21.3 Å². The van der Waals surface area contributed by atoms with Crippen LogP contribution in [0.2, 0.25) is 0 Å². The van der Waals surface area contributed by atoms with Crippen molar-refractivity contribution in [1.82, 2.24) is 9.97 Å². The molecule has 6 heteroatoms. The van der Waals surface area contributed by atoms with Gasteiger partial charge in [-0.05, 0) is 12.1 Å². The first-order chi connectivity index (χ1) is 9.69. The van der Waals surface area contributed by atoms with Gasteiger partial charge < -0.3 is 14.2 Å². The lowest BCUT2D eigenvalue weighted by Gasteiger charge is -2.09. The number of hydrogen-bond donors (Lipinski definition) is 0. The molecule has 0 saturated heterocycles. The van der Waals surface area contributed by atoms with Crippen LogP contribution in [0.15, 0.2) is 30.6 Å². The van der Waals surface area contributed by atoms with Gasteiger partial charge in [0.1, 0.15) is 5.75 Å². The first-order valence-electron chi connectivity index (χ1n) is 5.82. The average molecular weight is 274 g/mol. The Morgan fingerprint density at radius 1 is 1.05 bits per heavy atom. The van der Waals surface area contributed by atoms with E-state index >= 15 is 0 Å². The van der Waals surface area contributed by atoms with E-state index in [1.807, 2.05) is 0 Å². The fourth-order valence-electron chi connectivity index (χ4n) is 1.69. The highest BCUT2D eigenvalue weighted by atomic mass is 16.5. The van der Waals surface area contributed by atoms with Crippen molar-refractivity contribution in [2.24, 2.45) is 0 Å². The van der Waals surface area contributed by atoms with Crippen molar-refractivity contribution in [3.05, 3.63) is 36.2 Å². The molecule has 0 aliphatic rings. The first-order valence-corrected chi connectivity index (χ1v) is 5.82. The maximum Gasteiger partial charge on any atom is 0.338 e. The lowest BCUT2D eigenvalue weighted by Crippen LogP contribution is -2.05. The standard InChI is InChI=1S/C14H14N2O4/c1-18-9-4-5-12(15-7-9)11-8-16-13(19-2)6-10(11)14(17)20-3/h4-8H,1-3H3. The van der Waals surface area contributed by atoms with Crippen LogP contribution in [-0.2, 0) is 4.74 Å². The highest BCUT2D eigenvalue weighted by Gasteiger charge is 2.16. The summed E-state index contributed by atoms with van der Waals surface area (Å²) in [6.45, 7) is 0. The summed E-state index contributed by atoms with van der Waals surface area (Å²) in [4.78, 5) is 20.2. The molecular weight excluding hydrogens is 260 g/mol. The van der Waals surface area contributed by atoms with E-state index in [4.69, 9.17) is 14.2 Å². The molecule has 0 aromatic carbocycles. The zero-order valence-electron chi connectivity index (χ0n) is 11.4. The molecule has 2 heterocycles. The largest absolute Gasteiger partial charge is 0.495 e. The third kappa shape index (κ3) is 2.69. The van der Waals surface area contributed by atoms with Crippen LogP contribution in [0, 0.1) is 0 Å². The second-order valence-corrected chi connectivity index (χ2v) is 3.85. The van der Waals surface area contributed by atoms with Gasteiger partial charge in [-0.1, -0.05) is 0 Å². The van der Waals surface area contributed by atoms with Crippen LogP contribution < -0.4 is 9.47 Å². The Labute approximate surface area is 116 Å². The second kappa shape index (κ2) is 6.01. The van der Waals surface area contributed by atoms with Crippen molar-refractivity contribution in [3.63, 3.8) is 0 Å². The summed E-state index contributed by atoms with van der Waals surface area (Å²) in [5.74, 6) is 0.496. The average Bonchev–Trinajstić information content (AvgIpc) is 2.53. The Hall–Kier alpha value is -2.63. The van der Waals surface area contributed by atoms with E-state index in [0.717, 1.165) is 0 Å². The van der Waals surface area contributed by atoms with Gasteiger partial charge in [0, 0.05) is 17.8 Å². The van der Waals surface area contributed by atoms with Crippen molar-refractivity contribution in [1.29, 1.82) is 0 Å². The molecule has 0 aliphatic heterocycles. The molecule has 0 atom stereocenters. The van der Waals surface area contributed by atoms with E-state index in [1.165, 1.54) is 26.5 Å². The van der Waals surface area contributed by atoms with E-state index < -0.39 is 5.97 Å². The molecule has 0 amide bonds. The van der Waals surface area contributed by atoms with Gasteiger partial charge in [0.2, 0.25) is 5.88 Å². The molecular formula is C14H14N2O4. The Morgan fingerprint density at radius 2 is 1.85 bits per heavy atom. The molecule has 0 bridgehead atoms. The number of ether oxygens (including phenoxy) is 3. The zero-order valence-corrected chi connectivity index (χ0v) is 11.4. The molecule has 2 aromatic heterocycles. The van der Waals surface area contributed by atoms with Gasteiger partial charge in [-0.15, -0.1) is 0 Å². The van der Waals surface area contributed by atoms with Crippen molar-refractivity contribution in [3.8, 4) is 22.9 Å². The third-order valence-electron chi connectivity index (χ3n) is 2.74. The van der Waals surface area contributed by atoms with Gasteiger partial charge in [-0.25, -0.2) is 9.78 Å². The molecule has 2 aromatic rings. The van der Waals surface area contributed by atoms with Gasteiger partial charge in [0.25, 0.3) is 0 Å². The van der Waals surface area contributed by atoms with Crippen LogP contribution in [0.5, 0.6) is 11.6 Å². The van der Waals surface area contributed by atoms with Gasteiger partial charge in [0.05, 0.1) is 38.8 Å². The molecule has 0 saturated carbocycles. The molecule has 6 nitrogen and oxygen atoms in total. The Bertz CT molecular complexity index is 611. The molecule has 0 N–H and O–H groups in total. The summed E-state index contributed by atoms with van der Waals surface area (Å²) in [5, 5.41) is 0. The minimum absolute atomic E-state index is 0.336. The maximum atomic E-state index is 11.8. The molecule has 2 rings (SSSR count). The van der Waals surface area contributed by atoms with Crippen LogP contribution in [0.4, 0.5) is 0 Å². The number of pyridine rings is 2. The molecule has 0 radical (unpaired) electrons. The van der Waals surface area contributed by atoms with E-state index in [0.29, 0.717) is 28.5 Å². The number of methoxy groups -OCH3 is 3. The fourth-order valence-corrected chi connectivity index (χ4v) is 1.69. The highest BCUT2D eigenvalue weighted by Crippen LogP contribution is 2.25. The maximum absolute atomic E-state index is 11.8. The molecule has 0 spiro atoms. The minimum atomic E-state index is -0.474. The van der Waals surface area contributed by atoms with Crippen molar-refractivity contribution < 1.29 is 19.0 Å². The Balaban J connectivity index is 2.51. The molecule has 104 valence electrons. The predicted molar refractivity (Wildman–Crippen MR) is 71.9 cm³/mol. The number of rotatable bonds is 4. The zero-order chi connectivity index (χ0) is 14.5. The first kappa shape index (κ1) is 13.8. The second-order valence-electron chi connectivity index (χ2n) is 3.85. The number of carbonyl (C=O) groups is 1. The van der Waals surface area contributed by atoms with Crippen molar-refractivity contribution >= 4 is 5.97 Å². The summed E-state index contributed by atoms with van der Waals surface area (Å²) >= 11 is 0. The van der Waals surface area contributed by atoms with Crippen LogP contribution >= 0.6 is 0 Å². The lowest BCUT2D eigenvalue weighted by molar-refractivity contribution is 0.0601. The van der Waals surface area contributed by atoms with Crippen LogP contribution in [0.1, 0.15) is 10.4 Å².